The lowest BCUT2D eigenvalue weighted by molar-refractivity contribution is -0.119. The van der Waals surface area contributed by atoms with Crippen LogP contribution in [0.15, 0.2) is 46.6 Å². The van der Waals surface area contributed by atoms with Crippen molar-refractivity contribution in [3.63, 3.8) is 0 Å². The van der Waals surface area contributed by atoms with Gasteiger partial charge in [-0.1, -0.05) is 6.92 Å². The first-order valence-electron chi connectivity index (χ1n) is 8.25. The summed E-state index contributed by atoms with van der Waals surface area (Å²) in [5.74, 6) is -1.13. The van der Waals surface area contributed by atoms with Crippen molar-refractivity contribution in [3.05, 3.63) is 52.4 Å². The molecule has 5 heteroatoms. The van der Waals surface area contributed by atoms with Crippen molar-refractivity contribution in [2.75, 3.05) is 5.32 Å². The molecule has 1 aliphatic rings. The standard InChI is InChI=1S/C20H22FNO3/c1-11(20(25)22-16-8-6-15(21)7-9-16)5-10-17-14(4)18(23)12(2)13(3)19(17)24/h6-9,11H,5,10H2,1-4H3,(H,22,25). The van der Waals surface area contributed by atoms with Crippen LogP contribution in [-0.2, 0) is 14.4 Å². The van der Waals surface area contributed by atoms with Crippen molar-refractivity contribution >= 4 is 23.2 Å². The van der Waals surface area contributed by atoms with Crippen molar-refractivity contribution < 1.29 is 18.8 Å². The molecule has 25 heavy (non-hydrogen) atoms. The van der Waals surface area contributed by atoms with Gasteiger partial charge in [0.15, 0.2) is 11.6 Å². The molecule has 1 unspecified atom stereocenters. The lowest BCUT2D eigenvalue weighted by atomic mass is 9.83. The summed E-state index contributed by atoms with van der Waals surface area (Å²) in [7, 11) is 0. The van der Waals surface area contributed by atoms with Crippen LogP contribution in [0.5, 0.6) is 0 Å². The zero-order valence-corrected chi connectivity index (χ0v) is 14.9. The van der Waals surface area contributed by atoms with Gasteiger partial charge < -0.3 is 5.32 Å². The molecule has 4 nitrogen and oxygen atoms in total. The lowest BCUT2D eigenvalue weighted by Crippen LogP contribution is -2.23. The van der Waals surface area contributed by atoms with Crippen LogP contribution in [0.4, 0.5) is 10.1 Å². The molecule has 0 saturated carbocycles. The summed E-state index contributed by atoms with van der Waals surface area (Å²) in [6.07, 6.45) is 0.823. The topological polar surface area (TPSA) is 63.2 Å². The van der Waals surface area contributed by atoms with Crippen molar-refractivity contribution in [3.8, 4) is 0 Å². The van der Waals surface area contributed by atoms with Gasteiger partial charge in [-0.05, 0) is 57.9 Å². The highest BCUT2D eigenvalue weighted by Crippen LogP contribution is 2.28. The van der Waals surface area contributed by atoms with E-state index in [1.807, 2.05) is 0 Å². The molecule has 0 aromatic heterocycles. The Morgan fingerprint density at radius 1 is 1.00 bits per heavy atom. The SMILES string of the molecule is CC1=C(C)C(=O)C(CCC(C)C(=O)Nc2ccc(F)cc2)=C(C)C1=O. The molecule has 1 aliphatic carbocycles. The van der Waals surface area contributed by atoms with Crippen LogP contribution >= 0.6 is 0 Å². The largest absolute Gasteiger partial charge is 0.326 e. The molecular weight excluding hydrogens is 321 g/mol. The number of carbonyl (C=O) groups excluding carboxylic acids is 3. The maximum atomic E-state index is 12.9. The van der Waals surface area contributed by atoms with Gasteiger partial charge in [0.25, 0.3) is 0 Å². The summed E-state index contributed by atoms with van der Waals surface area (Å²) in [5, 5.41) is 2.72. The predicted octanol–water partition coefficient (Wildman–Crippen LogP) is 3.99. The highest BCUT2D eigenvalue weighted by Gasteiger charge is 2.28. The number of hydrogen-bond acceptors (Lipinski definition) is 3. The average molecular weight is 343 g/mol. The molecular formula is C20H22FNO3. The zero-order valence-electron chi connectivity index (χ0n) is 14.9. The van der Waals surface area contributed by atoms with E-state index in [1.165, 1.54) is 24.3 Å². The van der Waals surface area contributed by atoms with Crippen LogP contribution in [0.1, 0.15) is 40.5 Å². The smallest absolute Gasteiger partial charge is 0.227 e. The third kappa shape index (κ3) is 4.10. The van der Waals surface area contributed by atoms with Gasteiger partial charge in [0.2, 0.25) is 5.91 Å². The van der Waals surface area contributed by atoms with Crippen molar-refractivity contribution in [2.45, 2.75) is 40.5 Å². The summed E-state index contributed by atoms with van der Waals surface area (Å²) in [4.78, 5) is 36.8. The van der Waals surface area contributed by atoms with E-state index in [-0.39, 0.29) is 29.2 Å². The van der Waals surface area contributed by atoms with Gasteiger partial charge in [0.1, 0.15) is 5.82 Å². The predicted molar refractivity (Wildman–Crippen MR) is 94.5 cm³/mol. The van der Waals surface area contributed by atoms with Gasteiger partial charge >= 0.3 is 0 Å². The molecule has 1 N–H and O–H groups in total. The van der Waals surface area contributed by atoms with Crippen molar-refractivity contribution in [2.24, 2.45) is 5.92 Å². The Morgan fingerprint density at radius 3 is 2.16 bits per heavy atom. The Balaban J connectivity index is 2.00. The van der Waals surface area contributed by atoms with Crippen LogP contribution in [0.2, 0.25) is 0 Å². The molecule has 1 amide bonds. The molecule has 0 fully saturated rings. The fourth-order valence-electron chi connectivity index (χ4n) is 2.75. The van der Waals surface area contributed by atoms with Gasteiger partial charge in [0.05, 0.1) is 0 Å². The second-order valence-electron chi connectivity index (χ2n) is 6.45. The molecule has 1 atom stereocenters. The lowest BCUT2D eigenvalue weighted by Gasteiger charge is -2.20. The molecule has 1 aromatic carbocycles. The Kier molecular flexibility index (Phi) is 5.67. The minimum absolute atomic E-state index is 0.101. The van der Waals surface area contributed by atoms with Crippen LogP contribution in [0.3, 0.4) is 0 Å². The number of rotatable bonds is 5. The van der Waals surface area contributed by atoms with E-state index in [0.717, 1.165) is 0 Å². The molecule has 0 aliphatic heterocycles. The molecule has 0 saturated heterocycles. The van der Waals surface area contributed by atoms with Crippen LogP contribution in [0, 0.1) is 11.7 Å². The maximum absolute atomic E-state index is 12.9. The normalized spacial score (nSPS) is 16.4. The van der Waals surface area contributed by atoms with Gasteiger partial charge in [-0.15, -0.1) is 0 Å². The van der Waals surface area contributed by atoms with E-state index in [4.69, 9.17) is 0 Å². The summed E-state index contributed by atoms with van der Waals surface area (Å²) < 4.78 is 12.9. The Bertz CT molecular complexity index is 788. The molecule has 0 radical (unpaired) electrons. The Morgan fingerprint density at radius 2 is 1.56 bits per heavy atom. The van der Waals surface area contributed by atoms with E-state index < -0.39 is 0 Å². The first-order valence-corrected chi connectivity index (χ1v) is 8.25. The number of amides is 1. The highest BCUT2D eigenvalue weighted by atomic mass is 19.1. The van der Waals surface area contributed by atoms with E-state index in [0.29, 0.717) is 40.8 Å². The summed E-state index contributed by atoms with van der Waals surface area (Å²) in [5.41, 5.74) is 2.46. The number of nitrogens with one attached hydrogen (secondary N) is 1. The van der Waals surface area contributed by atoms with Gasteiger partial charge in [-0.25, -0.2) is 4.39 Å². The van der Waals surface area contributed by atoms with E-state index in [1.54, 1.807) is 27.7 Å². The molecule has 0 bridgehead atoms. The van der Waals surface area contributed by atoms with E-state index in [2.05, 4.69) is 5.32 Å². The minimum atomic E-state index is -0.368. The number of hydrogen-bond donors (Lipinski definition) is 1. The molecule has 0 heterocycles. The number of benzene rings is 1. The highest BCUT2D eigenvalue weighted by molar-refractivity contribution is 6.24. The summed E-state index contributed by atoms with van der Waals surface area (Å²) >= 11 is 0. The fourth-order valence-corrected chi connectivity index (χ4v) is 2.75. The van der Waals surface area contributed by atoms with Crippen LogP contribution in [0.25, 0.3) is 0 Å². The molecule has 132 valence electrons. The third-order valence-corrected chi connectivity index (χ3v) is 4.70. The quantitative estimate of drug-likeness (QED) is 0.822. The number of Topliss-reactive ketones (excluding diaryl/α,β-unsaturated/α-hetero) is 2. The maximum Gasteiger partial charge on any atom is 0.227 e. The first-order chi connectivity index (χ1) is 11.7. The Hall–Kier alpha value is -2.56. The van der Waals surface area contributed by atoms with Crippen molar-refractivity contribution in [1.82, 2.24) is 0 Å². The van der Waals surface area contributed by atoms with E-state index >= 15 is 0 Å². The van der Waals surface area contributed by atoms with Crippen LogP contribution < -0.4 is 5.32 Å². The van der Waals surface area contributed by atoms with E-state index in [9.17, 15) is 18.8 Å². The fraction of sp³-hybridized carbons (Fsp3) is 0.350. The van der Waals surface area contributed by atoms with Crippen molar-refractivity contribution in [1.29, 1.82) is 0 Å². The summed E-state index contributed by atoms with van der Waals surface area (Å²) in [6.45, 7) is 6.74. The number of ketones is 2. The second kappa shape index (κ2) is 7.55. The Labute approximate surface area is 146 Å². The number of anilines is 1. The minimum Gasteiger partial charge on any atom is -0.326 e. The average Bonchev–Trinajstić information content (AvgIpc) is 2.60. The second-order valence-corrected chi connectivity index (χ2v) is 6.45. The summed E-state index contributed by atoms with van der Waals surface area (Å²) in [6, 6.07) is 5.54. The number of halogens is 1. The molecule has 2 rings (SSSR count). The monoisotopic (exact) mass is 343 g/mol. The third-order valence-electron chi connectivity index (χ3n) is 4.70. The van der Waals surface area contributed by atoms with Gasteiger partial charge in [-0.3, -0.25) is 14.4 Å². The van der Waals surface area contributed by atoms with Crippen LogP contribution in [-0.4, -0.2) is 17.5 Å². The van der Waals surface area contributed by atoms with Gasteiger partial charge in [-0.2, -0.15) is 0 Å². The zero-order chi connectivity index (χ0) is 18.7. The number of carbonyl (C=O) groups is 3. The first kappa shape index (κ1) is 18.8. The number of allylic oxidation sites excluding steroid dienone is 4. The van der Waals surface area contributed by atoms with Gasteiger partial charge in [0, 0.05) is 33.9 Å². The molecule has 1 aromatic rings. The molecule has 0 spiro atoms.